The van der Waals surface area contributed by atoms with Crippen LogP contribution in [0.3, 0.4) is 0 Å². The van der Waals surface area contributed by atoms with E-state index in [9.17, 15) is 14.4 Å². The Hall–Kier alpha value is -4.08. The SMILES string of the molecule is COC(=O)COc1cccc(C=NNC(=O)CNC(=O)c2ccc(OC)c(OC)c2)c1. The Kier molecular flexibility index (Phi) is 8.84. The van der Waals surface area contributed by atoms with Gasteiger partial charge in [0, 0.05) is 5.56 Å². The number of nitrogens with zero attached hydrogens (tertiary/aromatic N) is 1. The molecule has 0 spiro atoms. The monoisotopic (exact) mass is 429 g/mol. The van der Waals surface area contributed by atoms with Gasteiger partial charge in [-0.25, -0.2) is 10.2 Å². The van der Waals surface area contributed by atoms with E-state index in [1.807, 2.05) is 0 Å². The predicted molar refractivity (Wildman–Crippen MR) is 112 cm³/mol. The van der Waals surface area contributed by atoms with E-state index in [2.05, 4.69) is 20.6 Å². The predicted octanol–water partition coefficient (Wildman–Crippen LogP) is 1.14. The molecule has 0 atom stereocenters. The van der Waals surface area contributed by atoms with E-state index in [0.29, 0.717) is 28.4 Å². The quantitative estimate of drug-likeness (QED) is 0.330. The number of nitrogens with one attached hydrogen (secondary N) is 2. The number of carbonyl (C=O) groups excluding carboxylic acids is 3. The van der Waals surface area contributed by atoms with Crippen LogP contribution in [-0.4, -0.2) is 58.5 Å². The number of ether oxygens (including phenoxy) is 4. The van der Waals surface area contributed by atoms with E-state index in [-0.39, 0.29) is 13.2 Å². The van der Waals surface area contributed by atoms with Gasteiger partial charge in [0.2, 0.25) is 0 Å². The van der Waals surface area contributed by atoms with Crippen molar-refractivity contribution in [1.82, 2.24) is 10.7 Å². The first-order chi connectivity index (χ1) is 15.0. The molecule has 2 aromatic carbocycles. The summed E-state index contributed by atoms with van der Waals surface area (Å²) in [5.74, 6) is -0.115. The molecule has 0 aliphatic heterocycles. The maximum absolute atomic E-state index is 12.2. The summed E-state index contributed by atoms with van der Waals surface area (Å²) < 4.78 is 20.1. The summed E-state index contributed by atoms with van der Waals surface area (Å²) in [7, 11) is 4.23. The van der Waals surface area contributed by atoms with Gasteiger partial charge in [0.15, 0.2) is 18.1 Å². The summed E-state index contributed by atoms with van der Waals surface area (Å²) in [6.07, 6.45) is 1.40. The zero-order valence-electron chi connectivity index (χ0n) is 17.3. The van der Waals surface area contributed by atoms with Gasteiger partial charge in [0.1, 0.15) is 5.75 Å². The fraction of sp³-hybridized carbons (Fsp3) is 0.238. The molecule has 0 radical (unpaired) electrons. The Morgan fingerprint density at radius 2 is 1.77 bits per heavy atom. The maximum Gasteiger partial charge on any atom is 0.343 e. The van der Waals surface area contributed by atoms with Crippen LogP contribution in [0.4, 0.5) is 0 Å². The molecule has 0 bridgehead atoms. The van der Waals surface area contributed by atoms with Gasteiger partial charge in [-0.15, -0.1) is 0 Å². The van der Waals surface area contributed by atoms with E-state index >= 15 is 0 Å². The fourth-order valence-electron chi connectivity index (χ4n) is 2.34. The van der Waals surface area contributed by atoms with Gasteiger partial charge in [0.25, 0.3) is 11.8 Å². The molecule has 0 aromatic heterocycles. The van der Waals surface area contributed by atoms with Crippen LogP contribution in [-0.2, 0) is 14.3 Å². The van der Waals surface area contributed by atoms with Crippen molar-refractivity contribution in [2.75, 3.05) is 34.5 Å². The number of methoxy groups -OCH3 is 3. The highest BCUT2D eigenvalue weighted by Gasteiger charge is 2.11. The molecule has 31 heavy (non-hydrogen) atoms. The van der Waals surface area contributed by atoms with Crippen LogP contribution in [0, 0.1) is 0 Å². The number of hydrogen-bond donors (Lipinski definition) is 2. The molecular weight excluding hydrogens is 406 g/mol. The molecule has 164 valence electrons. The third-order valence-corrected chi connectivity index (χ3v) is 3.90. The van der Waals surface area contributed by atoms with E-state index in [0.717, 1.165) is 0 Å². The van der Waals surface area contributed by atoms with E-state index < -0.39 is 17.8 Å². The van der Waals surface area contributed by atoms with Gasteiger partial charge in [-0.2, -0.15) is 5.10 Å². The van der Waals surface area contributed by atoms with E-state index in [1.54, 1.807) is 36.4 Å². The molecule has 2 N–H and O–H groups in total. The van der Waals surface area contributed by atoms with Crippen LogP contribution < -0.4 is 25.0 Å². The molecule has 0 aliphatic carbocycles. The highest BCUT2D eigenvalue weighted by atomic mass is 16.6. The van der Waals surface area contributed by atoms with Crippen molar-refractivity contribution in [2.45, 2.75) is 0 Å². The van der Waals surface area contributed by atoms with Crippen molar-refractivity contribution >= 4 is 24.0 Å². The molecule has 0 saturated heterocycles. The van der Waals surface area contributed by atoms with Crippen LogP contribution >= 0.6 is 0 Å². The van der Waals surface area contributed by atoms with Crippen molar-refractivity contribution in [2.24, 2.45) is 5.10 Å². The second-order valence-corrected chi connectivity index (χ2v) is 5.98. The van der Waals surface area contributed by atoms with Crippen LogP contribution in [0.15, 0.2) is 47.6 Å². The van der Waals surface area contributed by atoms with Crippen molar-refractivity contribution in [3.05, 3.63) is 53.6 Å². The Morgan fingerprint density at radius 3 is 2.48 bits per heavy atom. The molecule has 0 fully saturated rings. The van der Waals surface area contributed by atoms with Crippen molar-refractivity contribution in [3.8, 4) is 17.2 Å². The lowest BCUT2D eigenvalue weighted by molar-refractivity contribution is -0.142. The lowest BCUT2D eigenvalue weighted by Crippen LogP contribution is -2.34. The van der Waals surface area contributed by atoms with Crippen molar-refractivity contribution in [3.63, 3.8) is 0 Å². The van der Waals surface area contributed by atoms with Gasteiger partial charge < -0.3 is 24.3 Å². The van der Waals surface area contributed by atoms with Crippen LogP contribution in [0.2, 0.25) is 0 Å². The Bertz CT molecular complexity index is 960. The minimum absolute atomic E-state index is 0.215. The highest BCUT2D eigenvalue weighted by Crippen LogP contribution is 2.27. The summed E-state index contributed by atoms with van der Waals surface area (Å²) in [5.41, 5.74) is 3.27. The Labute approximate surface area is 179 Å². The molecule has 2 amide bonds. The van der Waals surface area contributed by atoms with Crippen molar-refractivity contribution in [1.29, 1.82) is 0 Å². The highest BCUT2D eigenvalue weighted by molar-refractivity contribution is 5.97. The van der Waals surface area contributed by atoms with Crippen LogP contribution in [0.25, 0.3) is 0 Å². The second kappa shape index (κ2) is 11.8. The Balaban J connectivity index is 1.83. The number of carbonyl (C=O) groups is 3. The standard InChI is InChI=1S/C21H23N3O7/c1-28-17-8-7-15(10-18(17)29-2)21(27)22-12-19(25)24-23-11-14-5-4-6-16(9-14)31-13-20(26)30-3/h4-11H,12-13H2,1-3H3,(H,22,27)(H,24,25). The molecule has 0 saturated carbocycles. The van der Waals surface area contributed by atoms with Crippen molar-refractivity contribution < 1.29 is 33.3 Å². The lowest BCUT2D eigenvalue weighted by atomic mass is 10.2. The van der Waals surface area contributed by atoms with Crippen LogP contribution in [0.1, 0.15) is 15.9 Å². The third kappa shape index (κ3) is 7.35. The topological polar surface area (TPSA) is 125 Å². The molecular formula is C21H23N3O7. The lowest BCUT2D eigenvalue weighted by Gasteiger charge is -2.09. The molecule has 0 heterocycles. The van der Waals surface area contributed by atoms with Gasteiger partial charge >= 0.3 is 5.97 Å². The molecule has 0 unspecified atom stereocenters. The molecule has 10 nitrogen and oxygen atoms in total. The fourth-order valence-corrected chi connectivity index (χ4v) is 2.34. The molecule has 2 rings (SSSR count). The zero-order chi connectivity index (χ0) is 22.6. The van der Waals surface area contributed by atoms with Crippen LogP contribution in [0.5, 0.6) is 17.2 Å². The summed E-state index contributed by atoms with van der Waals surface area (Å²) in [5, 5.41) is 6.33. The number of hydrogen-bond acceptors (Lipinski definition) is 8. The maximum atomic E-state index is 12.2. The molecule has 10 heteroatoms. The second-order valence-electron chi connectivity index (χ2n) is 5.98. The minimum Gasteiger partial charge on any atom is -0.493 e. The van der Waals surface area contributed by atoms with Gasteiger partial charge in [-0.05, 0) is 35.9 Å². The first-order valence-corrected chi connectivity index (χ1v) is 9.08. The summed E-state index contributed by atoms with van der Waals surface area (Å²) in [4.78, 5) is 35.2. The number of esters is 1. The summed E-state index contributed by atoms with van der Waals surface area (Å²) in [6.45, 7) is -0.486. The average Bonchev–Trinajstić information content (AvgIpc) is 2.80. The smallest absolute Gasteiger partial charge is 0.343 e. The minimum atomic E-state index is -0.511. The summed E-state index contributed by atoms with van der Waals surface area (Å²) >= 11 is 0. The first kappa shape index (κ1) is 23.2. The van der Waals surface area contributed by atoms with Gasteiger partial charge in [-0.1, -0.05) is 12.1 Å². The normalized spacial score (nSPS) is 10.3. The van der Waals surface area contributed by atoms with Gasteiger partial charge in [-0.3, -0.25) is 9.59 Å². The zero-order valence-corrected chi connectivity index (χ0v) is 17.3. The third-order valence-electron chi connectivity index (χ3n) is 3.90. The van der Waals surface area contributed by atoms with Gasteiger partial charge in [0.05, 0.1) is 34.1 Å². The Morgan fingerprint density at radius 1 is 1.00 bits per heavy atom. The number of hydrazone groups is 1. The van der Waals surface area contributed by atoms with E-state index in [1.165, 1.54) is 33.6 Å². The largest absolute Gasteiger partial charge is 0.493 e. The number of amides is 2. The number of rotatable bonds is 10. The number of benzene rings is 2. The average molecular weight is 429 g/mol. The summed E-state index contributed by atoms with van der Waals surface area (Å²) in [6, 6.07) is 11.4. The molecule has 2 aromatic rings. The molecule has 0 aliphatic rings. The van der Waals surface area contributed by atoms with E-state index in [4.69, 9.17) is 14.2 Å². The first-order valence-electron chi connectivity index (χ1n) is 9.08.